The van der Waals surface area contributed by atoms with Gasteiger partial charge in [0.2, 0.25) is 0 Å². The molecule has 3 atom stereocenters. The summed E-state index contributed by atoms with van der Waals surface area (Å²) in [5, 5.41) is 28.8. The molecule has 2 heterocycles. The lowest BCUT2D eigenvalue weighted by Crippen LogP contribution is -2.47. The van der Waals surface area contributed by atoms with Crippen LogP contribution in [0, 0.1) is 0 Å². The van der Waals surface area contributed by atoms with Crippen LogP contribution in [0.1, 0.15) is 25.2 Å². The van der Waals surface area contributed by atoms with E-state index in [1.54, 1.807) is 18.5 Å². The molecule has 0 radical (unpaired) electrons. The van der Waals surface area contributed by atoms with E-state index in [0.717, 1.165) is 4.90 Å². The van der Waals surface area contributed by atoms with Gasteiger partial charge >= 0.3 is 12.0 Å². The van der Waals surface area contributed by atoms with E-state index in [1.807, 2.05) is 0 Å². The van der Waals surface area contributed by atoms with E-state index in [9.17, 15) is 14.7 Å². The van der Waals surface area contributed by atoms with Crippen LogP contribution in [-0.4, -0.2) is 60.6 Å². The highest BCUT2D eigenvalue weighted by atomic mass is 16.4. The molecule has 1 unspecified atom stereocenters. The first-order valence-electron chi connectivity index (χ1n) is 6.22. The van der Waals surface area contributed by atoms with Gasteiger partial charge in [-0.15, -0.1) is 10.2 Å². The molecule has 9 heteroatoms. The Hall–Kier alpha value is -2.16. The first-order valence-corrected chi connectivity index (χ1v) is 6.22. The van der Waals surface area contributed by atoms with Gasteiger partial charge in [-0.25, -0.2) is 9.59 Å². The maximum absolute atomic E-state index is 12.1. The Balaban J connectivity index is 2.04. The number of hydrogen-bond donors (Lipinski definition) is 3. The number of carboxylic acid groups (broad SMARTS) is 1. The van der Waals surface area contributed by atoms with Crippen molar-refractivity contribution in [2.75, 3.05) is 6.54 Å². The summed E-state index contributed by atoms with van der Waals surface area (Å²) in [7, 11) is 1.75. The third-order valence-electron chi connectivity index (χ3n) is 3.30. The van der Waals surface area contributed by atoms with Crippen LogP contribution >= 0.6 is 0 Å². The van der Waals surface area contributed by atoms with E-state index in [4.69, 9.17) is 5.11 Å². The van der Waals surface area contributed by atoms with E-state index in [2.05, 4.69) is 15.5 Å². The predicted molar refractivity (Wildman–Crippen MR) is 66.7 cm³/mol. The molecule has 3 N–H and O–H groups in total. The summed E-state index contributed by atoms with van der Waals surface area (Å²) in [6, 6.07) is -1.96. The van der Waals surface area contributed by atoms with Gasteiger partial charge in [-0.1, -0.05) is 0 Å². The van der Waals surface area contributed by atoms with Crippen LogP contribution in [0.2, 0.25) is 0 Å². The number of aryl methyl sites for hydroxylation is 1. The molecule has 1 aliphatic rings. The summed E-state index contributed by atoms with van der Waals surface area (Å²) in [6.45, 7) is 1.73. The number of likely N-dealkylation sites (tertiary alicyclic amines) is 1. The molecular weight excluding hydrogens is 266 g/mol. The van der Waals surface area contributed by atoms with E-state index >= 15 is 0 Å². The quantitative estimate of drug-likeness (QED) is 0.661. The molecule has 0 aliphatic carbocycles. The lowest BCUT2D eigenvalue weighted by Gasteiger charge is -2.23. The van der Waals surface area contributed by atoms with Crippen LogP contribution in [0.3, 0.4) is 0 Å². The van der Waals surface area contributed by atoms with Crippen molar-refractivity contribution in [2.24, 2.45) is 7.05 Å². The average molecular weight is 283 g/mol. The monoisotopic (exact) mass is 283 g/mol. The number of carboxylic acids is 1. The van der Waals surface area contributed by atoms with Crippen molar-refractivity contribution in [1.82, 2.24) is 25.0 Å². The van der Waals surface area contributed by atoms with Crippen LogP contribution in [0.25, 0.3) is 0 Å². The van der Waals surface area contributed by atoms with E-state index < -0.39 is 30.2 Å². The SMILES string of the molecule is CC(NC(=O)N1C[C@H](O)C[C@@H]1C(=O)O)c1nncn1C. The van der Waals surface area contributed by atoms with Gasteiger partial charge in [0, 0.05) is 20.0 Å². The summed E-state index contributed by atoms with van der Waals surface area (Å²) < 4.78 is 1.67. The van der Waals surface area contributed by atoms with Gasteiger partial charge in [0.25, 0.3) is 0 Å². The number of nitrogens with zero attached hydrogens (tertiary/aromatic N) is 4. The van der Waals surface area contributed by atoms with E-state index in [-0.39, 0.29) is 13.0 Å². The van der Waals surface area contributed by atoms with Crippen LogP contribution in [0.15, 0.2) is 6.33 Å². The van der Waals surface area contributed by atoms with Crippen molar-refractivity contribution in [3.8, 4) is 0 Å². The molecule has 1 aliphatic heterocycles. The van der Waals surface area contributed by atoms with Crippen molar-refractivity contribution in [1.29, 1.82) is 0 Å². The maximum atomic E-state index is 12.1. The number of amides is 2. The Labute approximate surface area is 115 Å². The van der Waals surface area contributed by atoms with Gasteiger partial charge in [0.05, 0.1) is 12.1 Å². The van der Waals surface area contributed by atoms with Crippen molar-refractivity contribution in [3.05, 3.63) is 12.2 Å². The molecule has 0 aromatic carbocycles. The Morgan fingerprint density at radius 3 is 2.80 bits per heavy atom. The number of aliphatic carboxylic acids is 1. The van der Waals surface area contributed by atoms with Gasteiger partial charge in [-0.3, -0.25) is 0 Å². The van der Waals surface area contributed by atoms with Crippen molar-refractivity contribution < 1.29 is 19.8 Å². The molecule has 2 rings (SSSR count). The summed E-state index contributed by atoms with van der Waals surface area (Å²) in [5.74, 6) is -0.562. The number of hydrogen-bond acceptors (Lipinski definition) is 5. The number of aliphatic hydroxyl groups excluding tert-OH is 1. The Kier molecular flexibility index (Phi) is 3.89. The number of carbonyl (C=O) groups is 2. The number of carbonyl (C=O) groups excluding carboxylic acids is 1. The molecule has 0 saturated carbocycles. The van der Waals surface area contributed by atoms with Crippen molar-refractivity contribution >= 4 is 12.0 Å². The van der Waals surface area contributed by atoms with E-state index in [1.165, 1.54) is 6.33 Å². The minimum Gasteiger partial charge on any atom is -0.480 e. The summed E-state index contributed by atoms with van der Waals surface area (Å²) in [5.41, 5.74) is 0. The van der Waals surface area contributed by atoms with Crippen LogP contribution in [-0.2, 0) is 11.8 Å². The molecule has 2 amide bonds. The number of aliphatic hydroxyl groups is 1. The normalized spacial score (nSPS) is 23.6. The smallest absolute Gasteiger partial charge is 0.326 e. The topological polar surface area (TPSA) is 121 Å². The van der Waals surface area contributed by atoms with Crippen LogP contribution in [0.4, 0.5) is 4.79 Å². The molecule has 20 heavy (non-hydrogen) atoms. The van der Waals surface area contributed by atoms with Crippen molar-refractivity contribution in [3.63, 3.8) is 0 Å². The summed E-state index contributed by atoms with van der Waals surface area (Å²) >= 11 is 0. The molecule has 9 nitrogen and oxygen atoms in total. The van der Waals surface area contributed by atoms with Gasteiger partial charge < -0.3 is 25.0 Å². The Bertz CT molecular complexity index is 517. The highest BCUT2D eigenvalue weighted by Crippen LogP contribution is 2.19. The van der Waals surface area contributed by atoms with Crippen LogP contribution < -0.4 is 5.32 Å². The second-order valence-corrected chi connectivity index (χ2v) is 4.87. The third-order valence-corrected chi connectivity index (χ3v) is 3.30. The number of β-amino-alcohol motifs (C(OH)–C–C–N with tert-alkyl or cyclic N) is 1. The van der Waals surface area contributed by atoms with Gasteiger partial charge in [0.15, 0.2) is 5.82 Å². The molecule has 1 aromatic heterocycles. The number of rotatable bonds is 3. The molecule has 1 aromatic rings. The standard InChI is InChI=1S/C11H17N5O4/c1-6(9-14-12-5-15(9)2)13-11(20)16-4-7(17)3-8(16)10(18)19/h5-8,17H,3-4H2,1-2H3,(H,13,20)(H,18,19)/t6?,7-,8-/m1/s1. The molecular formula is C11H17N5O4. The zero-order chi connectivity index (χ0) is 14.9. The first kappa shape index (κ1) is 14.3. The maximum Gasteiger partial charge on any atom is 0.326 e. The first-order chi connectivity index (χ1) is 9.40. The van der Waals surface area contributed by atoms with Crippen LogP contribution in [0.5, 0.6) is 0 Å². The molecule has 1 fully saturated rings. The predicted octanol–water partition coefficient (Wildman–Crippen LogP) is -0.894. The van der Waals surface area contributed by atoms with Gasteiger partial charge in [0.1, 0.15) is 12.4 Å². The minimum absolute atomic E-state index is 0.00827. The van der Waals surface area contributed by atoms with Crippen molar-refractivity contribution in [2.45, 2.75) is 31.5 Å². The molecule has 110 valence electrons. The number of aromatic nitrogens is 3. The fourth-order valence-corrected chi connectivity index (χ4v) is 2.29. The lowest BCUT2D eigenvalue weighted by atomic mass is 10.2. The highest BCUT2D eigenvalue weighted by Gasteiger charge is 2.39. The second-order valence-electron chi connectivity index (χ2n) is 4.87. The zero-order valence-electron chi connectivity index (χ0n) is 11.2. The molecule has 1 saturated heterocycles. The Morgan fingerprint density at radius 2 is 2.25 bits per heavy atom. The third kappa shape index (κ3) is 2.72. The number of urea groups is 1. The lowest BCUT2D eigenvalue weighted by molar-refractivity contribution is -0.141. The highest BCUT2D eigenvalue weighted by molar-refractivity contribution is 5.83. The number of nitrogens with one attached hydrogen (secondary N) is 1. The molecule has 0 bridgehead atoms. The fourth-order valence-electron chi connectivity index (χ4n) is 2.29. The zero-order valence-corrected chi connectivity index (χ0v) is 11.2. The van der Waals surface area contributed by atoms with Gasteiger partial charge in [-0.2, -0.15) is 0 Å². The summed E-state index contributed by atoms with van der Waals surface area (Å²) in [4.78, 5) is 24.3. The summed E-state index contributed by atoms with van der Waals surface area (Å²) in [6.07, 6.45) is 0.741. The second kappa shape index (κ2) is 5.45. The Morgan fingerprint density at radius 1 is 1.55 bits per heavy atom. The fraction of sp³-hybridized carbons (Fsp3) is 0.636. The van der Waals surface area contributed by atoms with E-state index in [0.29, 0.717) is 5.82 Å². The molecule has 0 spiro atoms. The van der Waals surface area contributed by atoms with Gasteiger partial charge in [-0.05, 0) is 6.92 Å². The largest absolute Gasteiger partial charge is 0.480 e. The average Bonchev–Trinajstić information content (AvgIpc) is 2.95. The minimum atomic E-state index is -1.12.